The van der Waals surface area contributed by atoms with Gasteiger partial charge < -0.3 is 24.9 Å². The number of halogens is 1. The minimum Gasteiger partial charge on any atom is -0.493 e. The van der Waals surface area contributed by atoms with Crippen LogP contribution in [0, 0.1) is 6.92 Å². The number of carbonyl (C=O) groups is 2. The van der Waals surface area contributed by atoms with Gasteiger partial charge >= 0.3 is 0 Å². The van der Waals surface area contributed by atoms with E-state index in [0.29, 0.717) is 33.3 Å². The second-order valence-corrected chi connectivity index (χ2v) is 7.77. The van der Waals surface area contributed by atoms with Crippen LogP contribution in [-0.4, -0.2) is 30.3 Å². The van der Waals surface area contributed by atoms with Gasteiger partial charge in [0, 0.05) is 22.5 Å². The Balaban J connectivity index is 1.82. The molecule has 33 heavy (non-hydrogen) atoms. The second-order valence-electron chi connectivity index (χ2n) is 7.36. The number of amides is 1. The number of rotatable bonds is 6. The van der Waals surface area contributed by atoms with Crippen molar-refractivity contribution in [1.82, 2.24) is 4.40 Å². The monoisotopic (exact) mass is 463 g/mol. The molecule has 0 atom stereocenters. The molecule has 168 valence electrons. The molecule has 3 N–H and O–H groups in total. The van der Waals surface area contributed by atoms with Crippen LogP contribution in [0.4, 0.5) is 11.4 Å². The Kier molecular flexibility index (Phi) is 5.98. The summed E-state index contributed by atoms with van der Waals surface area (Å²) in [5, 5.41) is 3.40. The first-order valence-electron chi connectivity index (χ1n) is 10.1. The molecule has 0 spiro atoms. The van der Waals surface area contributed by atoms with Gasteiger partial charge in [0.15, 0.2) is 11.5 Å². The molecule has 0 radical (unpaired) electrons. The van der Waals surface area contributed by atoms with E-state index in [4.69, 9.17) is 26.8 Å². The lowest BCUT2D eigenvalue weighted by atomic mass is 10.1. The second kappa shape index (κ2) is 8.88. The molecule has 0 bridgehead atoms. The summed E-state index contributed by atoms with van der Waals surface area (Å²) in [6.45, 7) is 1.81. The summed E-state index contributed by atoms with van der Waals surface area (Å²) >= 11 is 6.19. The Morgan fingerprint density at radius 3 is 2.48 bits per heavy atom. The highest BCUT2D eigenvalue weighted by Crippen LogP contribution is 2.33. The van der Waals surface area contributed by atoms with Crippen molar-refractivity contribution in [2.24, 2.45) is 0 Å². The zero-order valence-electron chi connectivity index (χ0n) is 18.3. The summed E-state index contributed by atoms with van der Waals surface area (Å²) in [5.41, 5.74) is 9.05. The van der Waals surface area contributed by atoms with Gasteiger partial charge in [0.1, 0.15) is 5.69 Å². The Labute approximate surface area is 195 Å². The number of nitrogens with zero attached hydrogens (tertiary/aromatic N) is 1. The number of pyridine rings is 1. The van der Waals surface area contributed by atoms with Crippen LogP contribution < -0.4 is 20.5 Å². The number of carbonyl (C=O) groups excluding carboxylic acids is 2. The van der Waals surface area contributed by atoms with Gasteiger partial charge in [-0.15, -0.1) is 0 Å². The van der Waals surface area contributed by atoms with E-state index in [2.05, 4.69) is 5.32 Å². The van der Waals surface area contributed by atoms with Crippen LogP contribution in [0.3, 0.4) is 0 Å². The SMILES string of the molecule is COc1ccc(C(=O)c2c(N)c(C(=O)Nc3cccc(Cl)c3C)c3ccccn23)cc1OC. The van der Waals surface area contributed by atoms with Crippen LogP contribution in [0.1, 0.15) is 32.0 Å². The van der Waals surface area contributed by atoms with Gasteiger partial charge in [-0.2, -0.15) is 0 Å². The van der Waals surface area contributed by atoms with Crippen LogP contribution in [0.15, 0.2) is 60.8 Å². The molecule has 2 aromatic heterocycles. The van der Waals surface area contributed by atoms with Crippen molar-refractivity contribution in [3.63, 3.8) is 0 Å². The molecule has 2 heterocycles. The van der Waals surface area contributed by atoms with Gasteiger partial charge in [-0.05, 0) is 55.0 Å². The summed E-state index contributed by atoms with van der Waals surface area (Å²) in [6.07, 6.45) is 1.70. The third kappa shape index (κ3) is 3.87. The summed E-state index contributed by atoms with van der Waals surface area (Å²) in [4.78, 5) is 26.8. The summed E-state index contributed by atoms with van der Waals surface area (Å²) in [6, 6.07) is 15.4. The van der Waals surface area contributed by atoms with Crippen molar-refractivity contribution in [3.8, 4) is 11.5 Å². The van der Waals surface area contributed by atoms with Gasteiger partial charge in [0.25, 0.3) is 5.91 Å². The molecule has 4 aromatic rings. The van der Waals surface area contributed by atoms with E-state index in [0.717, 1.165) is 5.56 Å². The number of methoxy groups -OCH3 is 2. The minimum absolute atomic E-state index is 0.0816. The van der Waals surface area contributed by atoms with Crippen LogP contribution >= 0.6 is 11.6 Å². The third-order valence-electron chi connectivity index (χ3n) is 5.49. The fourth-order valence-electron chi connectivity index (χ4n) is 3.74. The summed E-state index contributed by atoms with van der Waals surface area (Å²) < 4.78 is 12.2. The predicted molar refractivity (Wildman–Crippen MR) is 129 cm³/mol. The number of nitrogens with two attached hydrogens (primary N) is 1. The summed E-state index contributed by atoms with van der Waals surface area (Å²) in [7, 11) is 3.01. The highest BCUT2D eigenvalue weighted by molar-refractivity contribution is 6.32. The molecule has 4 rings (SSSR count). The predicted octanol–water partition coefficient (Wildman–Crippen LogP) is 4.98. The Morgan fingerprint density at radius 1 is 1.00 bits per heavy atom. The topological polar surface area (TPSA) is 95.1 Å². The van der Waals surface area contributed by atoms with Gasteiger partial charge in [0.2, 0.25) is 5.78 Å². The Hall–Kier alpha value is -3.97. The zero-order chi connectivity index (χ0) is 23.7. The molecule has 0 saturated carbocycles. The van der Waals surface area contributed by atoms with E-state index in [-0.39, 0.29) is 22.7 Å². The first-order chi connectivity index (χ1) is 15.9. The average Bonchev–Trinajstić information content (AvgIpc) is 3.12. The largest absolute Gasteiger partial charge is 0.493 e. The van der Waals surface area contributed by atoms with E-state index >= 15 is 0 Å². The molecule has 0 aliphatic heterocycles. The number of nitrogen functional groups attached to an aromatic ring is 1. The van der Waals surface area contributed by atoms with Gasteiger partial charge in [-0.1, -0.05) is 23.7 Å². The summed E-state index contributed by atoms with van der Waals surface area (Å²) in [5.74, 6) is 0.122. The van der Waals surface area contributed by atoms with Crippen LogP contribution in [0.2, 0.25) is 5.02 Å². The molecule has 8 heteroatoms. The lowest BCUT2D eigenvalue weighted by molar-refractivity contribution is 0.102. The first-order valence-corrected chi connectivity index (χ1v) is 10.5. The molecule has 0 unspecified atom stereocenters. The smallest absolute Gasteiger partial charge is 0.259 e. The van der Waals surface area contributed by atoms with Crippen molar-refractivity contribution < 1.29 is 19.1 Å². The fourth-order valence-corrected chi connectivity index (χ4v) is 3.91. The highest BCUT2D eigenvalue weighted by atomic mass is 35.5. The highest BCUT2D eigenvalue weighted by Gasteiger charge is 2.27. The quantitative estimate of drug-likeness (QED) is 0.393. The lowest BCUT2D eigenvalue weighted by Gasteiger charge is -2.10. The molecule has 0 aliphatic carbocycles. The van der Waals surface area contributed by atoms with Crippen molar-refractivity contribution in [3.05, 3.63) is 88.2 Å². The maximum Gasteiger partial charge on any atom is 0.259 e. The number of hydrogen-bond donors (Lipinski definition) is 2. The molecule has 0 saturated heterocycles. The van der Waals surface area contributed by atoms with Crippen LogP contribution in [-0.2, 0) is 0 Å². The van der Waals surface area contributed by atoms with Crippen molar-refractivity contribution in [2.45, 2.75) is 6.92 Å². The number of aromatic nitrogens is 1. The van der Waals surface area contributed by atoms with Crippen LogP contribution in [0.5, 0.6) is 11.5 Å². The fraction of sp³-hybridized carbons (Fsp3) is 0.120. The number of ketones is 1. The van der Waals surface area contributed by atoms with E-state index in [1.165, 1.54) is 14.2 Å². The number of fused-ring (bicyclic) bond motifs is 1. The lowest BCUT2D eigenvalue weighted by Crippen LogP contribution is -2.15. The number of benzene rings is 2. The van der Waals surface area contributed by atoms with E-state index in [1.54, 1.807) is 65.2 Å². The maximum absolute atomic E-state index is 13.5. The molecular formula is C25H22ClN3O4. The molecule has 2 aromatic carbocycles. The van der Waals surface area contributed by atoms with Gasteiger partial charge in [-0.25, -0.2) is 0 Å². The van der Waals surface area contributed by atoms with Gasteiger partial charge in [0.05, 0.1) is 31.0 Å². The van der Waals surface area contributed by atoms with E-state index in [1.807, 2.05) is 6.92 Å². The molecule has 7 nitrogen and oxygen atoms in total. The normalized spacial score (nSPS) is 10.8. The maximum atomic E-state index is 13.5. The number of ether oxygens (including phenoxy) is 2. The molecule has 0 fully saturated rings. The Bertz CT molecular complexity index is 1390. The minimum atomic E-state index is -0.437. The molecular weight excluding hydrogens is 442 g/mol. The van der Waals surface area contributed by atoms with E-state index in [9.17, 15) is 9.59 Å². The number of hydrogen-bond acceptors (Lipinski definition) is 5. The van der Waals surface area contributed by atoms with E-state index < -0.39 is 5.91 Å². The Morgan fingerprint density at radius 2 is 1.76 bits per heavy atom. The van der Waals surface area contributed by atoms with Crippen molar-refractivity contribution in [1.29, 1.82) is 0 Å². The number of nitrogens with one attached hydrogen (secondary N) is 1. The molecule has 1 amide bonds. The number of anilines is 2. The van der Waals surface area contributed by atoms with Crippen molar-refractivity contribution in [2.75, 3.05) is 25.3 Å². The molecule has 0 aliphatic rings. The van der Waals surface area contributed by atoms with Gasteiger partial charge in [-0.3, -0.25) is 9.59 Å². The standard InChI is InChI=1S/C25H22ClN3O4/c1-14-16(26)7-6-8-17(14)28-25(31)21-18-9-4-5-12-29(18)23(22(21)27)24(30)15-10-11-19(32-2)20(13-15)33-3/h4-13H,27H2,1-3H3,(H,28,31). The first kappa shape index (κ1) is 22.2. The van der Waals surface area contributed by atoms with Crippen molar-refractivity contribution >= 4 is 40.2 Å². The average molecular weight is 464 g/mol. The zero-order valence-corrected chi connectivity index (χ0v) is 19.1. The third-order valence-corrected chi connectivity index (χ3v) is 5.89. The van der Waals surface area contributed by atoms with Crippen LogP contribution in [0.25, 0.3) is 5.52 Å².